The number of carbonyl (C=O) groups is 1. The highest BCUT2D eigenvalue weighted by Gasteiger charge is 2.33. The van der Waals surface area contributed by atoms with E-state index in [1.165, 1.54) is 6.07 Å². The van der Waals surface area contributed by atoms with E-state index in [2.05, 4.69) is 9.72 Å². The second-order valence-corrected chi connectivity index (χ2v) is 3.79. The summed E-state index contributed by atoms with van der Waals surface area (Å²) in [7, 11) is 0. The SMILES string of the molecule is NCc1cc(I)nc(C=O)c1OC(F)(F)F. The number of hydrogen-bond donors (Lipinski definition) is 1. The van der Waals surface area contributed by atoms with E-state index in [9.17, 15) is 18.0 Å². The van der Waals surface area contributed by atoms with Crippen molar-refractivity contribution in [1.82, 2.24) is 4.98 Å². The van der Waals surface area contributed by atoms with Crippen LogP contribution in [0, 0.1) is 3.70 Å². The van der Waals surface area contributed by atoms with Gasteiger partial charge in [0.25, 0.3) is 0 Å². The number of carbonyl (C=O) groups excluding carboxylic acids is 1. The summed E-state index contributed by atoms with van der Waals surface area (Å²) < 4.78 is 40.3. The fourth-order valence-corrected chi connectivity index (χ4v) is 1.67. The molecule has 0 aliphatic rings. The van der Waals surface area contributed by atoms with Crippen LogP contribution in [0.15, 0.2) is 6.07 Å². The Morgan fingerprint density at radius 2 is 2.19 bits per heavy atom. The molecule has 1 aromatic rings. The summed E-state index contributed by atoms with van der Waals surface area (Å²) in [5, 5.41) is 0. The van der Waals surface area contributed by atoms with Crippen LogP contribution in [0.25, 0.3) is 0 Å². The molecule has 1 rings (SSSR count). The largest absolute Gasteiger partial charge is 0.573 e. The molecule has 0 spiro atoms. The zero-order chi connectivity index (χ0) is 12.3. The molecule has 0 atom stereocenters. The second-order valence-electron chi connectivity index (χ2n) is 2.69. The number of halogens is 4. The second kappa shape index (κ2) is 4.95. The molecule has 0 aliphatic carbocycles. The third-order valence-electron chi connectivity index (χ3n) is 1.59. The van der Waals surface area contributed by atoms with Crippen molar-refractivity contribution in [3.63, 3.8) is 0 Å². The quantitative estimate of drug-likeness (QED) is 0.516. The molecule has 1 heterocycles. The first-order valence-corrected chi connectivity index (χ1v) is 5.05. The van der Waals surface area contributed by atoms with Crippen molar-refractivity contribution >= 4 is 28.9 Å². The van der Waals surface area contributed by atoms with Gasteiger partial charge in [0.05, 0.1) is 0 Å². The average molecular weight is 346 g/mol. The van der Waals surface area contributed by atoms with E-state index in [-0.39, 0.29) is 18.4 Å². The smallest absolute Gasteiger partial charge is 0.403 e. The lowest BCUT2D eigenvalue weighted by Gasteiger charge is -2.13. The lowest BCUT2D eigenvalue weighted by Crippen LogP contribution is -2.20. The zero-order valence-electron chi connectivity index (χ0n) is 7.71. The molecule has 4 nitrogen and oxygen atoms in total. The van der Waals surface area contributed by atoms with Crippen LogP contribution in [0.2, 0.25) is 0 Å². The number of nitrogens with two attached hydrogens (primary N) is 1. The molecule has 0 unspecified atom stereocenters. The number of nitrogens with zero attached hydrogens (tertiary/aromatic N) is 1. The maximum Gasteiger partial charge on any atom is 0.573 e. The Bertz CT molecular complexity index is 409. The fraction of sp³-hybridized carbons (Fsp3) is 0.250. The summed E-state index contributed by atoms with van der Waals surface area (Å²) in [6, 6.07) is 1.33. The first kappa shape index (κ1) is 13.2. The molecule has 2 N–H and O–H groups in total. The van der Waals surface area contributed by atoms with Crippen molar-refractivity contribution in [3.8, 4) is 5.75 Å². The van der Waals surface area contributed by atoms with Gasteiger partial charge in [-0.2, -0.15) is 0 Å². The van der Waals surface area contributed by atoms with E-state index in [1.54, 1.807) is 22.6 Å². The van der Waals surface area contributed by atoms with Crippen molar-refractivity contribution in [2.24, 2.45) is 5.73 Å². The van der Waals surface area contributed by atoms with E-state index >= 15 is 0 Å². The topological polar surface area (TPSA) is 65.2 Å². The minimum Gasteiger partial charge on any atom is -0.403 e. The summed E-state index contributed by atoms with van der Waals surface area (Å²) in [6.07, 6.45) is -4.68. The third-order valence-corrected chi connectivity index (χ3v) is 2.15. The first-order chi connectivity index (χ1) is 7.37. The molecule has 0 fully saturated rings. The molecule has 0 aromatic carbocycles. The van der Waals surface area contributed by atoms with Crippen LogP contribution < -0.4 is 10.5 Å². The molecule has 0 radical (unpaired) electrons. The summed E-state index contributed by atoms with van der Waals surface area (Å²) in [5.74, 6) is -0.634. The normalized spacial score (nSPS) is 11.3. The van der Waals surface area contributed by atoms with Crippen LogP contribution in [-0.4, -0.2) is 17.6 Å². The van der Waals surface area contributed by atoms with Crippen LogP contribution in [0.4, 0.5) is 13.2 Å². The fourth-order valence-electron chi connectivity index (χ4n) is 1.04. The monoisotopic (exact) mass is 346 g/mol. The van der Waals surface area contributed by atoms with Crippen molar-refractivity contribution in [3.05, 3.63) is 21.0 Å². The standard InChI is InChI=1S/C8H6F3IN2O2/c9-8(10,11)16-7-4(2-13)1-6(12)14-5(7)3-15/h1,3H,2,13H2. The number of alkyl halides is 3. The minimum absolute atomic E-state index is 0.0822. The Hall–Kier alpha value is -0.900. The molecule has 1 aromatic heterocycles. The zero-order valence-corrected chi connectivity index (χ0v) is 9.87. The van der Waals surface area contributed by atoms with Gasteiger partial charge in [-0.3, -0.25) is 4.79 Å². The van der Waals surface area contributed by atoms with Gasteiger partial charge >= 0.3 is 6.36 Å². The van der Waals surface area contributed by atoms with Gasteiger partial charge in [0, 0.05) is 12.1 Å². The summed E-state index contributed by atoms with van der Waals surface area (Å²) in [6.45, 7) is -0.176. The van der Waals surface area contributed by atoms with Gasteiger partial charge in [0.15, 0.2) is 12.0 Å². The van der Waals surface area contributed by atoms with E-state index < -0.39 is 17.8 Å². The number of rotatable bonds is 3. The highest BCUT2D eigenvalue weighted by molar-refractivity contribution is 14.1. The van der Waals surface area contributed by atoms with E-state index in [4.69, 9.17) is 5.73 Å². The molecular formula is C8H6F3IN2O2. The van der Waals surface area contributed by atoms with Crippen molar-refractivity contribution < 1.29 is 22.7 Å². The van der Waals surface area contributed by atoms with Gasteiger partial charge in [0.2, 0.25) is 0 Å². The van der Waals surface area contributed by atoms with Gasteiger partial charge in [0.1, 0.15) is 9.39 Å². The molecule has 88 valence electrons. The lowest BCUT2D eigenvalue weighted by molar-refractivity contribution is -0.275. The highest BCUT2D eigenvalue weighted by Crippen LogP contribution is 2.29. The predicted molar refractivity (Wildman–Crippen MR) is 56.9 cm³/mol. The molecular weight excluding hydrogens is 340 g/mol. The summed E-state index contributed by atoms with van der Waals surface area (Å²) >= 11 is 1.77. The molecule has 16 heavy (non-hydrogen) atoms. The van der Waals surface area contributed by atoms with Crippen molar-refractivity contribution in [2.75, 3.05) is 0 Å². The Morgan fingerprint density at radius 3 is 2.62 bits per heavy atom. The van der Waals surface area contributed by atoms with Crippen molar-refractivity contribution in [1.29, 1.82) is 0 Å². The van der Waals surface area contributed by atoms with Crippen LogP contribution >= 0.6 is 22.6 Å². The lowest BCUT2D eigenvalue weighted by atomic mass is 10.2. The molecule has 0 saturated carbocycles. The van der Waals surface area contributed by atoms with Gasteiger partial charge < -0.3 is 10.5 Å². The van der Waals surface area contributed by atoms with Gasteiger partial charge in [-0.1, -0.05) is 0 Å². The van der Waals surface area contributed by atoms with Gasteiger partial charge in [-0.05, 0) is 28.7 Å². The molecule has 8 heteroatoms. The van der Waals surface area contributed by atoms with Crippen molar-refractivity contribution in [2.45, 2.75) is 12.9 Å². The molecule has 0 aliphatic heterocycles. The van der Waals surface area contributed by atoms with Gasteiger partial charge in [-0.15, -0.1) is 13.2 Å². The highest BCUT2D eigenvalue weighted by atomic mass is 127. The molecule has 0 saturated heterocycles. The Balaban J connectivity index is 3.27. The summed E-state index contributed by atoms with van der Waals surface area (Å²) in [4.78, 5) is 14.2. The Morgan fingerprint density at radius 1 is 1.56 bits per heavy atom. The van der Waals surface area contributed by atoms with E-state index in [0.717, 1.165) is 0 Å². The number of aldehydes is 1. The minimum atomic E-state index is -4.88. The van der Waals surface area contributed by atoms with Crippen LogP contribution in [-0.2, 0) is 6.54 Å². The van der Waals surface area contributed by atoms with Crippen LogP contribution in [0.1, 0.15) is 16.1 Å². The molecule has 0 amide bonds. The average Bonchev–Trinajstić information content (AvgIpc) is 2.18. The molecule has 0 bridgehead atoms. The number of hydrogen-bond acceptors (Lipinski definition) is 4. The Labute approximate surface area is 102 Å². The first-order valence-electron chi connectivity index (χ1n) is 3.97. The summed E-state index contributed by atoms with van der Waals surface area (Å²) in [5.41, 5.74) is 4.94. The number of aromatic nitrogens is 1. The van der Waals surface area contributed by atoms with Crippen LogP contribution in [0.3, 0.4) is 0 Å². The van der Waals surface area contributed by atoms with Crippen LogP contribution in [0.5, 0.6) is 5.75 Å². The predicted octanol–water partition coefficient (Wildman–Crippen LogP) is 1.86. The third kappa shape index (κ3) is 3.30. The maximum absolute atomic E-state index is 12.1. The van der Waals surface area contributed by atoms with E-state index in [0.29, 0.717) is 3.70 Å². The van der Waals surface area contributed by atoms with E-state index in [1.807, 2.05) is 0 Å². The maximum atomic E-state index is 12.1. The Kier molecular flexibility index (Phi) is 4.08. The number of pyridine rings is 1. The van der Waals surface area contributed by atoms with Gasteiger partial charge in [-0.25, -0.2) is 4.98 Å². The number of ether oxygens (including phenoxy) is 1.